The van der Waals surface area contributed by atoms with Gasteiger partial charge in [-0.3, -0.25) is 20.6 Å². The fourth-order valence-corrected chi connectivity index (χ4v) is 2.98. The van der Waals surface area contributed by atoms with E-state index in [-0.39, 0.29) is 45.0 Å². The molecule has 0 saturated carbocycles. The summed E-state index contributed by atoms with van der Waals surface area (Å²) in [5.74, 6) is -0.573. The topological polar surface area (TPSA) is 86.5 Å². The largest absolute Gasteiger partial charge is 0.453 e. The molecule has 2 aromatic carbocycles. The lowest BCUT2D eigenvalue weighted by Gasteiger charge is -2.27. The van der Waals surface area contributed by atoms with Gasteiger partial charge in [0.15, 0.2) is 11.6 Å². The van der Waals surface area contributed by atoms with Crippen LogP contribution >= 0.6 is 23.2 Å². The minimum Gasteiger partial charge on any atom is -0.453 e. The monoisotopic (exact) mass is 420 g/mol. The fourth-order valence-electron chi connectivity index (χ4n) is 2.57. The van der Waals surface area contributed by atoms with E-state index in [1.54, 1.807) is 13.8 Å². The fraction of sp³-hybridized carbons (Fsp3) is 0.211. The Balaban J connectivity index is 1.92. The molecule has 0 aromatic heterocycles. The Morgan fingerprint density at radius 2 is 2.00 bits per heavy atom. The molecule has 1 heterocycles. The van der Waals surface area contributed by atoms with Crippen molar-refractivity contribution in [2.24, 2.45) is 4.99 Å². The average Bonchev–Trinajstić information content (AvgIpc) is 2.63. The smallest absolute Gasteiger partial charge is 0.265 e. The highest BCUT2D eigenvalue weighted by atomic mass is 35.5. The van der Waals surface area contributed by atoms with E-state index in [0.29, 0.717) is 5.84 Å². The second-order valence-electron chi connectivity index (χ2n) is 6.61. The number of aliphatic imine (C=N–C) groups is 1. The summed E-state index contributed by atoms with van der Waals surface area (Å²) in [7, 11) is 0. The Hall–Kier alpha value is -2.82. The molecule has 6 nitrogen and oxygen atoms in total. The number of halogens is 3. The third-order valence-corrected chi connectivity index (χ3v) is 4.51. The van der Waals surface area contributed by atoms with Crippen LogP contribution in [0, 0.1) is 17.1 Å². The molecule has 144 valence electrons. The van der Waals surface area contributed by atoms with E-state index in [0.717, 1.165) is 0 Å². The first-order valence-electron chi connectivity index (χ1n) is 8.20. The number of hydrazine groups is 1. The van der Waals surface area contributed by atoms with Crippen LogP contribution in [-0.2, 0) is 11.2 Å². The van der Waals surface area contributed by atoms with Crippen molar-refractivity contribution in [1.29, 1.82) is 5.26 Å². The van der Waals surface area contributed by atoms with Crippen LogP contribution in [0.2, 0.25) is 10.0 Å². The molecular weight excluding hydrogens is 406 g/mol. The van der Waals surface area contributed by atoms with Crippen LogP contribution in [0.1, 0.15) is 25.0 Å². The van der Waals surface area contributed by atoms with Gasteiger partial charge in [0, 0.05) is 11.4 Å². The molecule has 0 atom stereocenters. The van der Waals surface area contributed by atoms with Gasteiger partial charge in [-0.05, 0) is 43.7 Å². The van der Waals surface area contributed by atoms with Crippen LogP contribution in [-0.4, -0.2) is 17.3 Å². The molecule has 0 unspecified atom stereocenters. The van der Waals surface area contributed by atoms with Crippen LogP contribution in [0.5, 0.6) is 11.5 Å². The molecule has 0 aliphatic carbocycles. The Kier molecular flexibility index (Phi) is 5.45. The van der Waals surface area contributed by atoms with Crippen molar-refractivity contribution < 1.29 is 13.9 Å². The molecule has 9 heteroatoms. The Morgan fingerprint density at radius 3 is 2.68 bits per heavy atom. The van der Waals surface area contributed by atoms with Crippen LogP contribution in [0.25, 0.3) is 0 Å². The minimum absolute atomic E-state index is 0.0620. The van der Waals surface area contributed by atoms with E-state index >= 15 is 4.39 Å². The highest BCUT2D eigenvalue weighted by molar-refractivity contribution is 6.32. The molecule has 3 rings (SSSR count). The van der Waals surface area contributed by atoms with Gasteiger partial charge in [-0.2, -0.15) is 5.26 Å². The molecular formula is C19H15Cl2FN4O2. The van der Waals surface area contributed by atoms with E-state index in [1.807, 2.05) is 6.07 Å². The molecule has 2 N–H and O–H groups in total. The van der Waals surface area contributed by atoms with Crippen molar-refractivity contribution in [3.05, 3.63) is 57.3 Å². The molecule has 28 heavy (non-hydrogen) atoms. The van der Waals surface area contributed by atoms with Gasteiger partial charge < -0.3 is 4.74 Å². The van der Waals surface area contributed by atoms with Gasteiger partial charge in [0.1, 0.15) is 17.1 Å². The van der Waals surface area contributed by atoms with Crippen molar-refractivity contribution in [2.45, 2.75) is 25.8 Å². The summed E-state index contributed by atoms with van der Waals surface area (Å²) < 4.78 is 20.6. The summed E-state index contributed by atoms with van der Waals surface area (Å²) in [5, 5.41) is 9.37. The summed E-state index contributed by atoms with van der Waals surface area (Å²) in [6.45, 7) is 3.31. The number of hydrogen-bond donors (Lipinski definition) is 2. The zero-order valence-electron chi connectivity index (χ0n) is 14.9. The maximum Gasteiger partial charge on any atom is 0.265 e. The van der Waals surface area contributed by atoms with Gasteiger partial charge in [0.2, 0.25) is 0 Å². The summed E-state index contributed by atoms with van der Waals surface area (Å²) in [5.41, 5.74) is 4.74. The number of amides is 1. The van der Waals surface area contributed by atoms with Gasteiger partial charge in [-0.15, -0.1) is 0 Å². The normalized spacial score (nSPS) is 15.1. The van der Waals surface area contributed by atoms with E-state index in [4.69, 9.17) is 33.2 Å². The summed E-state index contributed by atoms with van der Waals surface area (Å²) in [6.07, 6.45) is 0.0854. The van der Waals surface area contributed by atoms with Crippen molar-refractivity contribution in [1.82, 2.24) is 10.9 Å². The average molecular weight is 421 g/mol. The predicted molar refractivity (Wildman–Crippen MR) is 104 cm³/mol. The number of carbonyl (C=O) groups is 1. The maximum atomic E-state index is 15.0. The molecule has 1 amide bonds. The first-order valence-corrected chi connectivity index (χ1v) is 8.96. The highest BCUT2D eigenvalue weighted by Crippen LogP contribution is 2.35. The van der Waals surface area contributed by atoms with Gasteiger partial charge >= 0.3 is 0 Å². The number of hydrogen-bond acceptors (Lipinski definition) is 5. The number of nitrogens with zero attached hydrogens (tertiary/aromatic N) is 2. The first-order chi connectivity index (χ1) is 13.2. The van der Waals surface area contributed by atoms with Crippen molar-refractivity contribution in [3.63, 3.8) is 0 Å². The second-order valence-corrected chi connectivity index (χ2v) is 7.46. The zero-order valence-corrected chi connectivity index (χ0v) is 16.5. The van der Waals surface area contributed by atoms with Crippen molar-refractivity contribution in [2.75, 3.05) is 0 Å². The van der Waals surface area contributed by atoms with Gasteiger partial charge in [-0.1, -0.05) is 29.3 Å². The number of amidine groups is 1. The third kappa shape index (κ3) is 4.19. The summed E-state index contributed by atoms with van der Waals surface area (Å²) in [6, 6.07) is 9.31. The lowest BCUT2D eigenvalue weighted by Crippen LogP contribution is -2.55. The third-order valence-electron chi connectivity index (χ3n) is 4.00. The van der Waals surface area contributed by atoms with E-state index < -0.39 is 11.4 Å². The quantitative estimate of drug-likeness (QED) is 0.777. The SMILES string of the molecule is CC1(C)N=C(Cc2ccc(Cl)c(Oc3cc(Cl)cc(C#N)c3)c2F)NNC1=O. The highest BCUT2D eigenvalue weighted by Gasteiger charge is 2.31. The van der Waals surface area contributed by atoms with Crippen molar-refractivity contribution in [3.8, 4) is 17.6 Å². The number of rotatable bonds is 4. The Bertz CT molecular complexity index is 1030. The van der Waals surface area contributed by atoms with Crippen LogP contribution in [0.15, 0.2) is 35.3 Å². The lowest BCUT2D eigenvalue weighted by molar-refractivity contribution is -0.126. The summed E-state index contributed by atoms with van der Waals surface area (Å²) >= 11 is 12.1. The first kappa shape index (κ1) is 19.9. The molecule has 0 radical (unpaired) electrons. The van der Waals surface area contributed by atoms with E-state index in [2.05, 4.69) is 15.8 Å². The van der Waals surface area contributed by atoms with Crippen LogP contribution in [0.4, 0.5) is 4.39 Å². The molecule has 2 aromatic rings. The molecule has 0 saturated heterocycles. The number of carbonyl (C=O) groups excluding carboxylic acids is 1. The Morgan fingerprint density at radius 1 is 1.25 bits per heavy atom. The summed E-state index contributed by atoms with van der Waals surface area (Å²) in [4.78, 5) is 16.0. The van der Waals surface area contributed by atoms with Crippen LogP contribution in [0.3, 0.4) is 0 Å². The standard InChI is InChI=1S/C19H15Cl2FN4O2/c1-19(2)18(27)26-25-15(24-19)7-11-3-4-14(21)17(16(11)22)28-13-6-10(9-23)5-12(20)8-13/h3-6,8H,7H2,1-2H3,(H,24,25)(H,26,27). The second kappa shape index (κ2) is 7.66. The maximum absolute atomic E-state index is 15.0. The zero-order chi connectivity index (χ0) is 20.5. The number of ether oxygens (including phenoxy) is 1. The predicted octanol–water partition coefficient (Wildman–Crippen LogP) is 4.15. The molecule has 1 aliphatic rings. The number of nitrogens with one attached hydrogen (secondary N) is 2. The van der Waals surface area contributed by atoms with Crippen molar-refractivity contribution >= 4 is 34.9 Å². The number of nitriles is 1. The molecule has 0 spiro atoms. The van der Waals surface area contributed by atoms with Crippen LogP contribution < -0.4 is 15.6 Å². The molecule has 0 fully saturated rings. The number of benzene rings is 2. The van der Waals surface area contributed by atoms with E-state index in [9.17, 15) is 4.79 Å². The minimum atomic E-state index is -0.961. The van der Waals surface area contributed by atoms with Gasteiger partial charge in [-0.25, -0.2) is 4.39 Å². The lowest BCUT2D eigenvalue weighted by atomic mass is 10.0. The molecule has 0 bridgehead atoms. The van der Waals surface area contributed by atoms with E-state index in [1.165, 1.54) is 30.3 Å². The van der Waals surface area contributed by atoms with Gasteiger partial charge in [0.05, 0.1) is 16.7 Å². The molecule has 1 aliphatic heterocycles. The Labute approximate surface area is 170 Å². The van der Waals surface area contributed by atoms with Gasteiger partial charge in [0.25, 0.3) is 5.91 Å².